The van der Waals surface area contributed by atoms with E-state index in [4.69, 9.17) is 4.74 Å². The zero-order valence-electron chi connectivity index (χ0n) is 15.7. The predicted molar refractivity (Wildman–Crippen MR) is 106 cm³/mol. The molecule has 3 rings (SSSR count). The summed E-state index contributed by atoms with van der Waals surface area (Å²) in [5, 5.41) is 3.91. The molecule has 0 saturated heterocycles. The van der Waals surface area contributed by atoms with Crippen LogP contribution in [-0.4, -0.2) is 17.5 Å². The molecule has 4 heteroatoms. The number of carbonyl (C=O) groups is 1. The molecule has 0 saturated carbocycles. The van der Waals surface area contributed by atoms with Crippen LogP contribution in [0.15, 0.2) is 48.5 Å². The standard InChI is InChI=1S/C22H24N2O2/c1-14(2)18-11-8-15(3)12-20(18)26-13-21(25)24-19-7-5-6-17-10-9-16(4)23-22(17)19/h5-12,14H,13H2,1-4H3,(H,24,25). The van der Waals surface area contributed by atoms with E-state index in [1.165, 1.54) is 0 Å². The molecule has 1 heterocycles. The number of pyridine rings is 1. The molecule has 0 unspecified atom stereocenters. The van der Waals surface area contributed by atoms with E-state index >= 15 is 0 Å². The van der Waals surface area contributed by atoms with Gasteiger partial charge in [-0.3, -0.25) is 9.78 Å². The van der Waals surface area contributed by atoms with Gasteiger partial charge in [-0.25, -0.2) is 0 Å². The fourth-order valence-corrected chi connectivity index (χ4v) is 2.92. The number of rotatable bonds is 5. The first-order valence-electron chi connectivity index (χ1n) is 8.83. The van der Waals surface area contributed by atoms with Crippen molar-refractivity contribution >= 4 is 22.5 Å². The zero-order valence-corrected chi connectivity index (χ0v) is 15.7. The normalized spacial score (nSPS) is 11.0. The molecule has 0 bridgehead atoms. The summed E-state index contributed by atoms with van der Waals surface area (Å²) in [7, 11) is 0. The van der Waals surface area contributed by atoms with Crippen LogP contribution >= 0.6 is 0 Å². The second-order valence-corrected chi connectivity index (χ2v) is 6.86. The van der Waals surface area contributed by atoms with E-state index in [-0.39, 0.29) is 12.5 Å². The summed E-state index contributed by atoms with van der Waals surface area (Å²) in [5.74, 6) is 0.901. The highest BCUT2D eigenvalue weighted by Gasteiger charge is 2.12. The van der Waals surface area contributed by atoms with Gasteiger partial charge in [0.15, 0.2) is 6.61 Å². The molecule has 1 N–H and O–H groups in total. The van der Waals surface area contributed by atoms with Crippen LogP contribution in [-0.2, 0) is 4.79 Å². The monoisotopic (exact) mass is 348 g/mol. The third kappa shape index (κ3) is 4.02. The molecule has 4 nitrogen and oxygen atoms in total. The van der Waals surface area contributed by atoms with Gasteiger partial charge < -0.3 is 10.1 Å². The topological polar surface area (TPSA) is 51.2 Å². The molecule has 3 aromatic rings. The van der Waals surface area contributed by atoms with Crippen LogP contribution in [0.2, 0.25) is 0 Å². The summed E-state index contributed by atoms with van der Waals surface area (Å²) < 4.78 is 5.82. The first-order valence-corrected chi connectivity index (χ1v) is 8.83. The molecule has 0 atom stereocenters. The Labute approximate surface area is 154 Å². The lowest BCUT2D eigenvalue weighted by Crippen LogP contribution is -2.21. The molecule has 1 amide bonds. The minimum absolute atomic E-state index is 0.0363. The maximum Gasteiger partial charge on any atom is 0.262 e. The first-order chi connectivity index (χ1) is 12.4. The van der Waals surface area contributed by atoms with E-state index in [9.17, 15) is 4.79 Å². The molecule has 0 aliphatic carbocycles. The number of ether oxygens (including phenoxy) is 1. The summed E-state index contributed by atoms with van der Waals surface area (Å²) >= 11 is 0. The van der Waals surface area contributed by atoms with E-state index in [0.29, 0.717) is 11.6 Å². The number of amides is 1. The summed E-state index contributed by atoms with van der Waals surface area (Å²) in [6.45, 7) is 8.14. The Morgan fingerprint density at radius 1 is 1.12 bits per heavy atom. The average molecular weight is 348 g/mol. The predicted octanol–water partition coefficient (Wildman–Crippen LogP) is 4.99. The van der Waals surface area contributed by atoms with Crippen molar-refractivity contribution in [3.63, 3.8) is 0 Å². The number of anilines is 1. The molecule has 0 spiro atoms. The molecular formula is C22H24N2O2. The fourth-order valence-electron chi connectivity index (χ4n) is 2.92. The number of hydrogen-bond acceptors (Lipinski definition) is 3. The van der Waals surface area contributed by atoms with Crippen molar-refractivity contribution in [2.45, 2.75) is 33.6 Å². The first kappa shape index (κ1) is 17.9. The number of aromatic nitrogens is 1. The number of fused-ring (bicyclic) bond motifs is 1. The Hall–Kier alpha value is -2.88. The SMILES string of the molecule is Cc1ccc(C(C)C)c(OCC(=O)Nc2cccc3ccc(C)nc23)c1. The molecular weight excluding hydrogens is 324 g/mol. The quantitative estimate of drug-likeness (QED) is 0.706. The molecule has 1 aromatic heterocycles. The Morgan fingerprint density at radius 2 is 1.92 bits per heavy atom. The van der Waals surface area contributed by atoms with Gasteiger partial charge in [0.1, 0.15) is 5.75 Å². The number of hydrogen-bond donors (Lipinski definition) is 1. The number of carbonyl (C=O) groups excluding carboxylic acids is 1. The maximum absolute atomic E-state index is 12.4. The van der Waals surface area contributed by atoms with Crippen LogP contribution in [0.5, 0.6) is 5.75 Å². The largest absolute Gasteiger partial charge is 0.483 e. The average Bonchev–Trinajstić information content (AvgIpc) is 2.60. The smallest absolute Gasteiger partial charge is 0.262 e. The summed E-state index contributed by atoms with van der Waals surface area (Å²) in [4.78, 5) is 17.0. The molecule has 26 heavy (non-hydrogen) atoms. The highest BCUT2D eigenvalue weighted by Crippen LogP contribution is 2.27. The molecule has 134 valence electrons. The zero-order chi connectivity index (χ0) is 18.7. The van der Waals surface area contributed by atoms with E-state index in [1.807, 2.05) is 50.2 Å². The third-order valence-electron chi connectivity index (χ3n) is 4.28. The highest BCUT2D eigenvalue weighted by atomic mass is 16.5. The second-order valence-electron chi connectivity index (χ2n) is 6.86. The van der Waals surface area contributed by atoms with Crippen LogP contribution in [0, 0.1) is 13.8 Å². The minimum Gasteiger partial charge on any atom is -0.483 e. The van der Waals surface area contributed by atoms with Gasteiger partial charge in [-0.1, -0.05) is 44.2 Å². The number of nitrogens with zero attached hydrogens (tertiary/aromatic N) is 1. The molecule has 0 aliphatic rings. The van der Waals surface area contributed by atoms with Crippen molar-refractivity contribution in [1.29, 1.82) is 0 Å². The van der Waals surface area contributed by atoms with Crippen molar-refractivity contribution in [3.05, 3.63) is 65.4 Å². The van der Waals surface area contributed by atoms with Crippen molar-refractivity contribution in [2.24, 2.45) is 0 Å². The fraction of sp³-hybridized carbons (Fsp3) is 0.273. The van der Waals surface area contributed by atoms with E-state index in [0.717, 1.165) is 33.5 Å². The van der Waals surface area contributed by atoms with Crippen LogP contribution < -0.4 is 10.1 Å². The van der Waals surface area contributed by atoms with Gasteiger partial charge in [0.05, 0.1) is 11.2 Å². The van der Waals surface area contributed by atoms with Gasteiger partial charge in [-0.05, 0) is 49.1 Å². The lowest BCUT2D eigenvalue weighted by Gasteiger charge is -2.15. The van der Waals surface area contributed by atoms with Gasteiger partial charge in [-0.2, -0.15) is 0 Å². The van der Waals surface area contributed by atoms with Crippen LogP contribution in [0.1, 0.15) is 36.6 Å². The van der Waals surface area contributed by atoms with Gasteiger partial charge in [0, 0.05) is 11.1 Å². The van der Waals surface area contributed by atoms with E-state index in [2.05, 4.69) is 36.3 Å². The number of aryl methyl sites for hydroxylation is 2. The number of para-hydroxylation sites is 1. The molecule has 0 radical (unpaired) electrons. The van der Waals surface area contributed by atoms with E-state index < -0.39 is 0 Å². The third-order valence-corrected chi connectivity index (χ3v) is 4.28. The molecule has 0 aliphatic heterocycles. The Kier molecular flexibility index (Phi) is 5.21. The Bertz CT molecular complexity index is 948. The summed E-state index contributed by atoms with van der Waals surface area (Å²) in [5.41, 5.74) is 4.62. The van der Waals surface area contributed by atoms with Crippen molar-refractivity contribution in [1.82, 2.24) is 4.98 Å². The number of benzene rings is 2. The summed E-state index contributed by atoms with van der Waals surface area (Å²) in [6, 6.07) is 15.8. The lowest BCUT2D eigenvalue weighted by molar-refractivity contribution is -0.118. The van der Waals surface area contributed by atoms with Crippen molar-refractivity contribution in [2.75, 3.05) is 11.9 Å². The number of nitrogens with one attached hydrogen (secondary N) is 1. The van der Waals surface area contributed by atoms with Crippen molar-refractivity contribution < 1.29 is 9.53 Å². The van der Waals surface area contributed by atoms with Gasteiger partial charge in [-0.15, -0.1) is 0 Å². The Balaban J connectivity index is 1.75. The maximum atomic E-state index is 12.4. The van der Waals surface area contributed by atoms with Crippen LogP contribution in [0.25, 0.3) is 10.9 Å². The van der Waals surface area contributed by atoms with Crippen LogP contribution in [0.4, 0.5) is 5.69 Å². The van der Waals surface area contributed by atoms with Gasteiger partial charge >= 0.3 is 0 Å². The molecule has 0 fully saturated rings. The van der Waals surface area contributed by atoms with Gasteiger partial charge in [0.25, 0.3) is 5.91 Å². The molecule has 2 aromatic carbocycles. The van der Waals surface area contributed by atoms with Crippen LogP contribution in [0.3, 0.4) is 0 Å². The van der Waals surface area contributed by atoms with E-state index in [1.54, 1.807) is 0 Å². The highest BCUT2D eigenvalue weighted by molar-refractivity contribution is 6.00. The second kappa shape index (κ2) is 7.56. The van der Waals surface area contributed by atoms with Gasteiger partial charge in [0.2, 0.25) is 0 Å². The minimum atomic E-state index is -0.197. The Morgan fingerprint density at radius 3 is 2.69 bits per heavy atom. The van der Waals surface area contributed by atoms with Crippen molar-refractivity contribution in [3.8, 4) is 5.75 Å². The summed E-state index contributed by atoms with van der Waals surface area (Å²) in [6.07, 6.45) is 0. The lowest BCUT2D eigenvalue weighted by atomic mass is 10.0.